The summed E-state index contributed by atoms with van der Waals surface area (Å²) in [5.41, 5.74) is 0.313. The van der Waals surface area contributed by atoms with Crippen LogP contribution in [-0.4, -0.2) is 91.6 Å². The maximum Gasteiger partial charge on any atom is 0.420 e. The molecular formula is C26H30ClF3N8OS. The molecule has 2 saturated heterocycles. The summed E-state index contributed by atoms with van der Waals surface area (Å²) in [4.78, 5) is 28.2. The predicted octanol–water partition coefficient (Wildman–Crippen LogP) is 4.43. The first-order valence-corrected chi connectivity index (χ1v) is 14.5. The monoisotopic (exact) mass is 594 g/mol. The Labute approximate surface area is 239 Å². The van der Waals surface area contributed by atoms with E-state index in [-0.39, 0.29) is 29.3 Å². The lowest BCUT2D eigenvalue weighted by Gasteiger charge is -2.32. The normalized spacial score (nSPS) is 17.9. The van der Waals surface area contributed by atoms with Crippen molar-refractivity contribution in [3.8, 4) is 17.1 Å². The van der Waals surface area contributed by atoms with Crippen LogP contribution in [0.1, 0.15) is 24.0 Å². The summed E-state index contributed by atoms with van der Waals surface area (Å²) in [5, 5.41) is 3.61. The maximum absolute atomic E-state index is 13.9. The van der Waals surface area contributed by atoms with E-state index < -0.39 is 11.7 Å². The first-order chi connectivity index (χ1) is 19.1. The van der Waals surface area contributed by atoms with Gasteiger partial charge in [-0.3, -0.25) is 14.0 Å². The number of piperidine rings is 1. The Kier molecular flexibility index (Phi) is 8.55. The number of nitrogens with one attached hydrogen (secondary N) is 1. The van der Waals surface area contributed by atoms with E-state index in [9.17, 15) is 18.0 Å². The molecule has 0 atom stereocenters. The standard InChI is InChI=1S/C26H30ClF3N8OS/c1-35-9-10-36(15-23(35)39)13-17-3-4-22(20(27)11-17)37-14-21(32-16-37)24-19(26(28,29)30)12-31-25(34-24)33-18-5-7-38(40-2)8-6-18/h3-4,11-12,14,16,18H,5-10,13,15H2,1-2H3,(H,31,33,34). The van der Waals surface area contributed by atoms with Gasteiger partial charge in [0.2, 0.25) is 11.9 Å². The molecule has 0 aliphatic carbocycles. The number of piperazine rings is 1. The van der Waals surface area contributed by atoms with Gasteiger partial charge in [-0.05, 0) is 36.8 Å². The van der Waals surface area contributed by atoms with Crippen molar-refractivity contribution < 1.29 is 18.0 Å². The number of alkyl halides is 3. The van der Waals surface area contributed by atoms with E-state index in [0.717, 1.165) is 44.2 Å². The fourth-order valence-electron chi connectivity index (χ4n) is 4.85. The van der Waals surface area contributed by atoms with Crippen LogP contribution in [0.25, 0.3) is 17.1 Å². The van der Waals surface area contributed by atoms with Crippen LogP contribution in [0, 0.1) is 0 Å². The van der Waals surface area contributed by atoms with Crippen molar-refractivity contribution in [1.29, 1.82) is 0 Å². The molecular weight excluding hydrogens is 565 g/mol. The summed E-state index contributed by atoms with van der Waals surface area (Å²) >= 11 is 8.27. The Morgan fingerprint density at radius 1 is 1.15 bits per heavy atom. The van der Waals surface area contributed by atoms with Crippen LogP contribution in [0.2, 0.25) is 5.02 Å². The van der Waals surface area contributed by atoms with E-state index in [4.69, 9.17) is 11.6 Å². The van der Waals surface area contributed by atoms with Crippen LogP contribution < -0.4 is 5.32 Å². The third kappa shape index (κ3) is 6.54. The van der Waals surface area contributed by atoms with Gasteiger partial charge in [-0.2, -0.15) is 13.2 Å². The SMILES string of the molecule is CSN1CCC(Nc2ncc(C(F)(F)F)c(-c3cn(-c4ccc(CN5CCN(C)C(=O)C5)cc4Cl)cn3)n2)CC1. The molecule has 9 nitrogen and oxygen atoms in total. The number of benzene rings is 1. The number of imidazole rings is 1. The molecule has 2 fully saturated rings. The number of carbonyl (C=O) groups is 1. The quantitative estimate of drug-likeness (QED) is 0.403. The summed E-state index contributed by atoms with van der Waals surface area (Å²) in [6, 6.07) is 5.56. The molecule has 1 aromatic carbocycles. The zero-order valence-electron chi connectivity index (χ0n) is 22.2. The Balaban J connectivity index is 1.35. The summed E-state index contributed by atoms with van der Waals surface area (Å²) in [7, 11) is 1.79. The second-order valence-electron chi connectivity index (χ2n) is 9.96. The summed E-state index contributed by atoms with van der Waals surface area (Å²) in [6.07, 6.45) is 2.78. The molecule has 0 saturated carbocycles. The molecule has 4 heterocycles. The van der Waals surface area contributed by atoms with Gasteiger partial charge in [0.05, 0.1) is 17.3 Å². The van der Waals surface area contributed by atoms with Crippen LogP contribution in [0.4, 0.5) is 19.1 Å². The summed E-state index contributed by atoms with van der Waals surface area (Å²) in [6.45, 7) is 4.10. The lowest BCUT2D eigenvalue weighted by Crippen LogP contribution is -2.47. The highest BCUT2D eigenvalue weighted by Gasteiger charge is 2.36. The second-order valence-corrected chi connectivity index (χ2v) is 11.3. The maximum atomic E-state index is 13.9. The smallest absolute Gasteiger partial charge is 0.351 e. The average Bonchev–Trinajstić information content (AvgIpc) is 3.41. The fraction of sp³-hybridized carbons (Fsp3) is 0.462. The van der Waals surface area contributed by atoms with Crippen LogP contribution in [0.5, 0.6) is 0 Å². The Bertz CT molecular complexity index is 1360. The van der Waals surface area contributed by atoms with Gasteiger partial charge in [0.15, 0.2) is 0 Å². The van der Waals surface area contributed by atoms with Gasteiger partial charge >= 0.3 is 6.18 Å². The number of amides is 1. The van der Waals surface area contributed by atoms with Crippen molar-refractivity contribution in [3.05, 3.63) is 53.1 Å². The topological polar surface area (TPSA) is 82.4 Å². The number of aromatic nitrogens is 4. The van der Waals surface area contributed by atoms with Gasteiger partial charge in [-0.15, -0.1) is 0 Å². The minimum atomic E-state index is -4.65. The van der Waals surface area contributed by atoms with E-state index in [1.165, 1.54) is 12.5 Å². The molecule has 40 heavy (non-hydrogen) atoms. The zero-order valence-corrected chi connectivity index (χ0v) is 23.7. The summed E-state index contributed by atoms with van der Waals surface area (Å²) < 4.78 is 45.5. The number of halogens is 4. The number of nitrogens with zero attached hydrogens (tertiary/aromatic N) is 7. The second kappa shape index (κ2) is 11.9. The number of hydrogen-bond donors (Lipinski definition) is 1. The summed E-state index contributed by atoms with van der Waals surface area (Å²) in [5.74, 6) is 0.215. The predicted molar refractivity (Wildman–Crippen MR) is 149 cm³/mol. The van der Waals surface area contributed by atoms with E-state index in [0.29, 0.717) is 30.3 Å². The third-order valence-electron chi connectivity index (χ3n) is 7.20. The van der Waals surface area contributed by atoms with Crippen molar-refractivity contribution in [3.63, 3.8) is 0 Å². The van der Waals surface area contributed by atoms with Gasteiger partial charge in [0, 0.05) is 58.2 Å². The molecule has 1 N–H and O–H groups in total. The van der Waals surface area contributed by atoms with Crippen LogP contribution >= 0.6 is 23.5 Å². The molecule has 0 spiro atoms. The largest absolute Gasteiger partial charge is 0.420 e. The molecule has 2 aliphatic heterocycles. The Hall–Kier alpha value is -2.87. The third-order valence-corrected chi connectivity index (χ3v) is 8.38. The van der Waals surface area contributed by atoms with Crippen molar-refractivity contribution in [2.75, 3.05) is 51.3 Å². The number of rotatable bonds is 7. The van der Waals surface area contributed by atoms with Crippen molar-refractivity contribution in [1.82, 2.24) is 33.6 Å². The molecule has 5 rings (SSSR count). The molecule has 2 aliphatic rings. The van der Waals surface area contributed by atoms with Gasteiger partial charge in [0.25, 0.3) is 0 Å². The van der Waals surface area contributed by atoms with E-state index in [1.807, 2.05) is 12.3 Å². The number of carbonyl (C=O) groups excluding carboxylic acids is 1. The zero-order chi connectivity index (χ0) is 28.4. The lowest BCUT2D eigenvalue weighted by atomic mass is 10.1. The minimum Gasteiger partial charge on any atom is -0.351 e. The van der Waals surface area contributed by atoms with Gasteiger partial charge in [-0.1, -0.05) is 29.6 Å². The molecule has 0 unspecified atom stereocenters. The van der Waals surface area contributed by atoms with E-state index in [1.54, 1.807) is 40.6 Å². The van der Waals surface area contributed by atoms with E-state index in [2.05, 4.69) is 29.5 Å². The first-order valence-electron chi connectivity index (χ1n) is 12.9. The average molecular weight is 595 g/mol. The first kappa shape index (κ1) is 28.7. The minimum absolute atomic E-state index is 0.0612. The van der Waals surface area contributed by atoms with Gasteiger partial charge < -0.3 is 14.8 Å². The van der Waals surface area contributed by atoms with E-state index >= 15 is 0 Å². The van der Waals surface area contributed by atoms with Gasteiger partial charge in [0.1, 0.15) is 23.3 Å². The highest BCUT2D eigenvalue weighted by atomic mass is 35.5. The number of anilines is 1. The van der Waals surface area contributed by atoms with Crippen molar-refractivity contribution >= 4 is 35.4 Å². The molecule has 0 bridgehead atoms. The highest BCUT2D eigenvalue weighted by molar-refractivity contribution is 7.96. The molecule has 3 aromatic rings. The number of likely N-dealkylation sites (N-methyl/N-ethyl adjacent to an activating group) is 1. The highest BCUT2D eigenvalue weighted by Crippen LogP contribution is 2.36. The van der Waals surface area contributed by atoms with Gasteiger partial charge in [-0.25, -0.2) is 15.0 Å². The lowest BCUT2D eigenvalue weighted by molar-refractivity contribution is -0.137. The van der Waals surface area contributed by atoms with Crippen LogP contribution in [-0.2, 0) is 17.5 Å². The van der Waals surface area contributed by atoms with Crippen molar-refractivity contribution in [2.45, 2.75) is 31.6 Å². The molecule has 14 heteroatoms. The van der Waals surface area contributed by atoms with Crippen molar-refractivity contribution in [2.24, 2.45) is 0 Å². The molecule has 214 valence electrons. The molecule has 0 radical (unpaired) electrons. The van der Waals surface area contributed by atoms with Crippen LogP contribution in [0.15, 0.2) is 36.9 Å². The Morgan fingerprint density at radius 3 is 2.60 bits per heavy atom. The van der Waals surface area contributed by atoms with Crippen LogP contribution in [0.3, 0.4) is 0 Å². The molecule has 2 aromatic heterocycles. The Morgan fingerprint density at radius 2 is 1.93 bits per heavy atom. The number of hydrogen-bond acceptors (Lipinski definition) is 8. The molecule has 1 amide bonds. The fourth-order valence-corrected chi connectivity index (χ4v) is 5.73.